The molecule has 1 saturated carbocycles. The van der Waals surface area contributed by atoms with Gasteiger partial charge in [0, 0.05) is 18.3 Å². The number of rotatable bonds is 5. The Bertz CT molecular complexity index is 578. The summed E-state index contributed by atoms with van der Waals surface area (Å²) in [7, 11) is 0. The monoisotopic (exact) mass is 357 g/mol. The molecule has 2 aliphatic rings. The van der Waals surface area contributed by atoms with Crippen LogP contribution in [0.25, 0.3) is 0 Å². The number of amides is 1. The molecule has 1 aliphatic heterocycles. The van der Waals surface area contributed by atoms with Crippen molar-refractivity contribution in [2.45, 2.75) is 50.4 Å². The molecule has 2 N–H and O–H groups in total. The van der Waals surface area contributed by atoms with E-state index < -0.39 is 11.7 Å². The van der Waals surface area contributed by atoms with Crippen LogP contribution in [0.15, 0.2) is 18.3 Å². The molecular weight excluding hydrogens is 335 g/mol. The lowest BCUT2D eigenvalue weighted by Gasteiger charge is -2.24. The average molecular weight is 357 g/mol. The number of carbonyl (C=O) groups is 1. The van der Waals surface area contributed by atoms with Crippen molar-refractivity contribution >= 4 is 5.91 Å². The Kier molecular flexibility index (Phi) is 5.46. The molecule has 0 spiro atoms. The number of hydrogen-bond acceptors (Lipinski definition) is 4. The smallest absolute Gasteiger partial charge is 0.417 e. The molecule has 8 heteroatoms. The molecule has 1 saturated heterocycles. The van der Waals surface area contributed by atoms with Gasteiger partial charge in [-0.15, -0.1) is 0 Å². The Morgan fingerprint density at radius 1 is 1.32 bits per heavy atom. The number of alkyl halides is 3. The second kappa shape index (κ2) is 7.59. The van der Waals surface area contributed by atoms with Crippen molar-refractivity contribution in [3.63, 3.8) is 0 Å². The summed E-state index contributed by atoms with van der Waals surface area (Å²) in [5, 5.41) is 6.21. The van der Waals surface area contributed by atoms with Crippen LogP contribution in [0.2, 0.25) is 0 Å². The molecule has 138 valence electrons. The van der Waals surface area contributed by atoms with Crippen molar-refractivity contribution in [1.82, 2.24) is 15.6 Å². The molecule has 2 heterocycles. The second-order valence-electron chi connectivity index (χ2n) is 6.63. The van der Waals surface area contributed by atoms with E-state index in [2.05, 4.69) is 15.6 Å². The number of halogens is 3. The van der Waals surface area contributed by atoms with Crippen molar-refractivity contribution in [1.29, 1.82) is 0 Å². The van der Waals surface area contributed by atoms with Crippen LogP contribution < -0.4 is 15.4 Å². The molecule has 3 rings (SSSR count). The van der Waals surface area contributed by atoms with Crippen molar-refractivity contribution in [2.24, 2.45) is 5.92 Å². The van der Waals surface area contributed by atoms with E-state index in [-0.39, 0.29) is 31.0 Å². The fraction of sp³-hybridized carbons (Fsp3) is 0.647. The zero-order valence-electron chi connectivity index (χ0n) is 13.8. The van der Waals surface area contributed by atoms with Gasteiger partial charge in [-0.05, 0) is 31.2 Å². The van der Waals surface area contributed by atoms with Crippen LogP contribution in [0.1, 0.15) is 37.7 Å². The highest BCUT2D eigenvalue weighted by atomic mass is 19.4. The largest absolute Gasteiger partial charge is 0.476 e. The SMILES string of the molecule is O=C(NCCOc1ccc(C(F)(F)F)cn1)C1CC2CCCCC2N1. The van der Waals surface area contributed by atoms with E-state index in [1.54, 1.807) is 0 Å². The number of aromatic nitrogens is 1. The molecular formula is C17H22F3N3O2. The summed E-state index contributed by atoms with van der Waals surface area (Å²) in [6.45, 7) is 0.443. The molecule has 0 aromatic carbocycles. The predicted molar refractivity (Wildman–Crippen MR) is 85.0 cm³/mol. The molecule has 0 radical (unpaired) electrons. The van der Waals surface area contributed by atoms with Crippen LogP contribution >= 0.6 is 0 Å². The van der Waals surface area contributed by atoms with Gasteiger partial charge in [0.15, 0.2) is 0 Å². The highest BCUT2D eigenvalue weighted by Gasteiger charge is 2.38. The van der Waals surface area contributed by atoms with Gasteiger partial charge in [0.1, 0.15) is 6.61 Å². The Balaban J connectivity index is 1.37. The summed E-state index contributed by atoms with van der Waals surface area (Å²) >= 11 is 0. The third-order valence-electron chi connectivity index (χ3n) is 4.89. The lowest BCUT2D eigenvalue weighted by Crippen LogP contribution is -2.44. The van der Waals surface area contributed by atoms with E-state index in [4.69, 9.17) is 4.74 Å². The minimum absolute atomic E-state index is 0.0432. The fourth-order valence-corrected chi connectivity index (χ4v) is 3.61. The van der Waals surface area contributed by atoms with Gasteiger partial charge in [0.25, 0.3) is 0 Å². The zero-order chi connectivity index (χ0) is 17.9. The van der Waals surface area contributed by atoms with Crippen LogP contribution in [0.4, 0.5) is 13.2 Å². The second-order valence-corrected chi connectivity index (χ2v) is 6.63. The molecule has 2 fully saturated rings. The maximum Gasteiger partial charge on any atom is 0.417 e. The van der Waals surface area contributed by atoms with Crippen molar-refractivity contribution in [3.8, 4) is 5.88 Å². The van der Waals surface area contributed by atoms with Crippen molar-refractivity contribution in [3.05, 3.63) is 23.9 Å². The number of pyridine rings is 1. The van der Waals surface area contributed by atoms with Crippen LogP contribution in [-0.2, 0) is 11.0 Å². The molecule has 1 aromatic rings. The summed E-state index contributed by atoms with van der Waals surface area (Å²) < 4.78 is 42.6. The van der Waals surface area contributed by atoms with Crippen LogP contribution in [-0.4, -0.2) is 36.1 Å². The standard InChI is InChI=1S/C17H22F3N3O2/c18-17(19,20)12-5-6-15(22-10-12)25-8-7-21-16(24)14-9-11-3-1-2-4-13(11)23-14/h5-6,10-11,13-14,23H,1-4,7-9H2,(H,21,24). The van der Waals surface area contributed by atoms with Gasteiger partial charge in [0.2, 0.25) is 11.8 Å². The maximum atomic E-state index is 12.4. The molecule has 3 unspecified atom stereocenters. The van der Waals surface area contributed by atoms with Crippen molar-refractivity contribution < 1.29 is 22.7 Å². The summed E-state index contributed by atoms with van der Waals surface area (Å²) in [5.41, 5.74) is -0.818. The first-order valence-electron chi connectivity index (χ1n) is 8.63. The molecule has 5 nitrogen and oxygen atoms in total. The van der Waals surface area contributed by atoms with Gasteiger partial charge in [-0.3, -0.25) is 4.79 Å². The van der Waals surface area contributed by atoms with Gasteiger partial charge < -0.3 is 15.4 Å². The lowest BCUT2D eigenvalue weighted by molar-refractivity contribution is -0.137. The third-order valence-corrected chi connectivity index (χ3v) is 4.89. The topological polar surface area (TPSA) is 63.2 Å². The summed E-state index contributed by atoms with van der Waals surface area (Å²) in [6.07, 6.45) is 1.98. The summed E-state index contributed by atoms with van der Waals surface area (Å²) in [5.74, 6) is 0.655. The van der Waals surface area contributed by atoms with Gasteiger partial charge >= 0.3 is 6.18 Å². The highest BCUT2D eigenvalue weighted by Crippen LogP contribution is 2.33. The van der Waals surface area contributed by atoms with E-state index in [0.717, 1.165) is 25.1 Å². The molecule has 1 aliphatic carbocycles. The first-order chi connectivity index (χ1) is 11.9. The van der Waals surface area contributed by atoms with Gasteiger partial charge in [0.05, 0.1) is 18.2 Å². The van der Waals surface area contributed by atoms with Crippen molar-refractivity contribution in [2.75, 3.05) is 13.2 Å². The third kappa shape index (κ3) is 4.62. The number of nitrogens with zero attached hydrogens (tertiary/aromatic N) is 1. The molecule has 1 amide bonds. The minimum atomic E-state index is -4.41. The van der Waals surface area contributed by atoms with Crippen LogP contribution in [0, 0.1) is 5.92 Å². The van der Waals surface area contributed by atoms with Gasteiger partial charge in [-0.1, -0.05) is 12.8 Å². The van der Waals surface area contributed by atoms with Crippen LogP contribution in [0.5, 0.6) is 5.88 Å². The first kappa shape index (κ1) is 18.0. The zero-order valence-corrected chi connectivity index (χ0v) is 13.8. The predicted octanol–water partition coefficient (Wildman–Crippen LogP) is 2.52. The molecule has 3 atom stereocenters. The minimum Gasteiger partial charge on any atom is -0.476 e. The Morgan fingerprint density at radius 3 is 2.80 bits per heavy atom. The number of ether oxygens (including phenoxy) is 1. The van der Waals surface area contributed by atoms with E-state index >= 15 is 0 Å². The lowest BCUT2D eigenvalue weighted by atomic mass is 9.85. The Morgan fingerprint density at radius 2 is 2.12 bits per heavy atom. The number of hydrogen-bond donors (Lipinski definition) is 2. The van der Waals surface area contributed by atoms with E-state index in [0.29, 0.717) is 12.0 Å². The number of fused-ring (bicyclic) bond motifs is 1. The highest BCUT2D eigenvalue weighted by molar-refractivity contribution is 5.82. The first-order valence-corrected chi connectivity index (χ1v) is 8.63. The Labute approximate surface area is 144 Å². The number of carbonyl (C=O) groups excluding carboxylic acids is 1. The summed E-state index contributed by atoms with van der Waals surface area (Å²) in [4.78, 5) is 15.8. The van der Waals surface area contributed by atoms with Crippen LogP contribution in [0.3, 0.4) is 0 Å². The fourth-order valence-electron chi connectivity index (χ4n) is 3.61. The molecule has 1 aromatic heterocycles. The van der Waals surface area contributed by atoms with E-state index in [9.17, 15) is 18.0 Å². The normalized spacial score (nSPS) is 26.1. The molecule has 0 bridgehead atoms. The van der Waals surface area contributed by atoms with Gasteiger partial charge in [-0.25, -0.2) is 4.98 Å². The summed E-state index contributed by atoms with van der Waals surface area (Å²) in [6, 6.07) is 2.40. The average Bonchev–Trinajstić information content (AvgIpc) is 3.02. The van der Waals surface area contributed by atoms with E-state index in [1.807, 2.05) is 0 Å². The van der Waals surface area contributed by atoms with Gasteiger partial charge in [-0.2, -0.15) is 13.2 Å². The van der Waals surface area contributed by atoms with E-state index in [1.165, 1.54) is 25.3 Å². The Hall–Kier alpha value is -1.83. The molecule has 25 heavy (non-hydrogen) atoms. The number of nitrogens with one attached hydrogen (secondary N) is 2. The quantitative estimate of drug-likeness (QED) is 0.795. The maximum absolute atomic E-state index is 12.4.